The van der Waals surface area contributed by atoms with E-state index in [0.29, 0.717) is 25.1 Å². The van der Waals surface area contributed by atoms with Crippen LogP contribution in [0, 0.1) is 20.8 Å². The molecule has 1 aliphatic rings. The van der Waals surface area contributed by atoms with E-state index in [2.05, 4.69) is 15.9 Å². The summed E-state index contributed by atoms with van der Waals surface area (Å²) in [5, 5.41) is 0. The molecule has 154 valence electrons. The number of nitrogens with zero attached hydrogens (tertiary/aromatic N) is 2. The van der Waals surface area contributed by atoms with Gasteiger partial charge in [-0.15, -0.1) is 0 Å². The van der Waals surface area contributed by atoms with Crippen LogP contribution in [0.25, 0.3) is 0 Å². The summed E-state index contributed by atoms with van der Waals surface area (Å²) < 4.78 is 6.13. The summed E-state index contributed by atoms with van der Waals surface area (Å²) in [4.78, 5) is 29.8. The number of amides is 2. The maximum absolute atomic E-state index is 13.6. The van der Waals surface area contributed by atoms with Gasteiger partial charge in [-0.25, -0.2) is 4.79 Å². The molecule has 0 aliphatic carbocycles. The second kappa shape index (κ2) is 8.57. The molecule has 0 N–H and O–H groups in total. The lowest BCUT2D eigenvalue weighted by atomic mass is 9.99. The maximum Gasteiger partial charge on any atom is 0.414 e. The molecule has 2 amide bonds. The number of carbonyl (C=O) groups excluding carboxylic acids is 2. The van der Waals surface area contributed by atoms with Gasteiger partial charge < -0.3 is 9.64 Å². The monoisotopic (exact) mass is 458 g/mol. The standard InChI is InChI=1S/C23H27BrN2O3/c1-6-17-13-25(22(27)18-10-8-9-14(3)21(18)24)19-11-15(4)16(5)12-20(19)26(17)23(28)29-7-2/h8-12,17H,6-7,13H2,1-5H3. The van der Waals surface area contributed by atoms with E-state index in [9.17, 15) is 9.59 Å². The molecular formula is C23H27BrN2O3. The summed E-state index contributed by atoms with van der Waals surface area (Å²) in [5.74, 6) is -0.0768. The van der Waals surface area contributed by atoms with Gasteiger partial charge in [-0.1, -0.05) is 19.1 Å². The summed E-state index contributed by atoms with van der Waals surface area (Å²) in [5.41, 5.74) is 5.23. The highest BCUT2D eigenvalue weighted by molar-refractivity contribution is 9.10. The smallest absolute Gasteiger partial charge is 0.414 e. The number of rotatable bonds is 3. The highest BCUT2D eigenvalue weighted by Crippen LogP contribution is 2.40. The predicted molar refractivity (Wildman–Crippen MR) is 120 cm³/mol. The van der Waals surface area contributed by atoms with Crippen LogP contribution < -0.4 is 9.80 Å². The fourth-order valence-electron chi connectivity index (χ4n) is 3.68. The van der Waals surface area contributed by atoms with E-state index in [1.165, 1.54) is 0 Å². The van der Waals surface area contributed by atoms with Crippen molar-refractivity contribution in [3.8, 4) is 0 Å². The molecule has 29 heavy (non-hydrogen) atoms. The van der Waals surface area contributed by atoms with Crippen LogP contribution in [0.1, 0.15) is 47.3 Å². The quantitative estimate of drug-likeness (QED) is 0.585. The summed E-state index contributed by atoms with van der Waals surface area (Å²) in [6.45, 7) is 10.5. The van der Waals surface area contributed by atoms with Crippen LogP contribution in [0.15, 0.2) is 34.8 Å². The van der Waals surface area contributed by atoms with Gasteiger partial charge in [0.15, 0.2) is 0 Å². The Hall–Kier alpha value is -2.34. The fourth-order valence-corrected chi connectivity index (χ4v) is 4.12. The van der Waals surface area contributed by atoms with Gasteiger partial charge in [-0.2, -0.15) is 0 Å². The van der Waals surface area contributed by atoms with Gasteiger partial charge >= 0.3 is 6.09 Å². The third-order valence-corrected chi connectivity index (χ3v) is 6.56. The van der Waals surface area contributed by atoms with Crippen molar-refractivity contribution in [2.24, 2.45) is 0 Å². The Morgan fingerprint density at radius 2 is 1.72 bits per heavy atom. The number of hydrogen-bond acceptors (Lipinski definition) is 3. The molecule has 0 spiro atoms. The van der Waals surface area contributed by atoms with Crippen molar-refractivity contribution >= 4 is 39.3 Å². The molecule has 3 rings (SSSR count). The summed E-state index contributed by atoms with van der Waals surface area (Å²) >= 11 is 3.57. The number of hydrogen-bond donors (Lipinski definition) is 0. The van der Waals surface area contributed by atoms with Crippen LogP contribution in [-0.4, -0.2) is 31.2 Å². The number of carbonyl (C=O) groups is 2. The molecule has 2 aromatic rings. The fraction of sp³-hybridized carbons (Fsp3) is 0.391. The minimum absolute atomic E-state index is 0.0768. The molecule has 1 heterocycles. The van der Waals surface area contributed by atoms with Crippen LogP contribution in [0.2, 0.25) is 0 Å². The van der Waals surface area contributed by atoms with Gasteiger partial charge in [-0.05, 0) is 84.9 Å². The van der Waals surface area contributed by atoms with E-state index in [1.807, 2.05) is 58.0 Å². The van der Waals surface area contributed by atoms with Gasteiger partial charge in [-0.3, -0.25) is 9.69 Å². The van der Waals surface area contributed by atoms with Crippen LogP contribution >= 0.6 is 15.9 Å². The van der Waals surface area contributed by atoms with E-state index in [4.69, 9.17) is 4.74 Å². The molecule has 1 aliphatic heterocycles. The van der Waals surface area contributed by atoms with Gasteiger partial charge in [0.05, 0.1) is 29.6 Å². The largest absolute Gasteiger partial charge is 0.449 e. The topological polar surface area (TPSA) is 49.9 Å². The first-order chi connectivity index (χ1) is 13.8. The lowest BCUT2D eigenvalue weighted by molar-refractivity contribution is 0.0980. The molecule has 5 nitrogen and oxygen atoms in total. The van der Waals surface area contributed by atoms with Gasteiger partial charge in [0, 0.05) is 11.0 Å². The van der Waals surface area contributed by atoms with Crippen molar-refractivity contribution in [1.29, 1.82) is 0 Å². The first-order valence-electron chi connectivity index (χ1n) is 9.94. The zero-order valence-corrected chi connectivity index (χ0v) is 19.2. The number of fused-ring (bicyclic) bond motifs is 1. The Balaban J connectivity index is 2.15. The van der Waals surface area contributed by atoms with E-state index < -0.39 is 0 Å². The van der Waals surface area contributed by atoms with E-state index in [-0.39, 0.29) is 18.0 Å². The lowest BCUT2D eigenvalue weighted by Gasteiger charge is -2.42. The van der Waals surface area contributed by atoms with E-state index in [1.54, 1.807) is 16.7 Å². The van der Waals surface area contributed by atoms with Gasteiger partial charge in [0.2, 0.25) is 0 Å². The molecule has 0 aromatic heterocycles. The molecule has 0 saturated heterocycles. The van der Waals surface area contributed by atoms with E-state index in [0.717, 1.165) is 32.5 Å². The Kier molecular flexibility index (Phi) is 6.32. The number of benzene rings is 2. The summed E-state index contributed by atoms with van der Waals surface area (Å²) in [6.07, 6.45) is 0.344. The molecule has 0 radical (unpaired) electrons. The van der Waals surface area contributed by atoms with Crippen molar-refractivity contribution in [3.63, 3.8) is 0 Å². The maximum atomic E-state index is 13.6. The first-order valence-corrected chi connectivity index (χ1v) is 10.7. The molecule has 1 unspecified atom stereocenters. The summed E-state index contributed by atoms with van der Waals surface area (Å²) in [7, 11) is 0. The molecule has 0 fully saturated rings. The second-order valence-corrected chi connectivity index (χ2v) is 8.20. The Morgan fingerprint density at radius 3 is 2.34 bits per heavy atom. The predicted octanol–water partition coefficient (Wildman–Crippen LogP) is 5.78. The van der Waals surface area contributed by atoms with E-state index >= 15 is 0 Å². The van der Waals surface area contributed by atoms with Crippen LogP contribution in [0.3, 0.4) is 0 Å². The minimum atomic E-state index is -0.368. The number of aryl methyl sites for hydroxylation is 3. The van der Waals surface area contributed by atoms with Crippen molar-refractivity contribution in [1.82, 2.24) is 0 Å². The Morgan fingerprint density at radius 1 is 1.07 bits per heavy atom. The average Bonchev–Trinajstić information content (AvgIpc) is 2.69. The Labute approximate surface area is 180 Å². The van der Waals surface area contributed by atoms with Crippen molar-refractivity contribution < 1.29 is 14.3 Å². The van der Waals surface area contributed by atoms with Crippen LogP contribution in [-0.2, 0) is 4.74 Å². The SMILES string of the molecule is CCOC(=O)N1c2cc(C)c(C)cc2N(C(=O)c2cccc(C)c2Br)CC1CC. The second-order valence-electron chi connectivity index (χ2n) is 7.41. The average molecular weight is 459 g/mol. The van der Waals surface area contributed by atoms with Crippen molar-refractivity contribution in [2.75, 3.05) is 23.0 Å². The minimum Gasteiger partial charge on any atom is -0.449 e. The Bertz CT molecular complexity index is 957. The highest BCUT2D eigenvalue weighted by atomic mass is 79.9. The molecule has 6 heteroatoms. The number of ether oxygens (including phenoxy) is 1. The normalized spacial score (nSPS) is 15.9. The van der Waals surface area contributed by atoms with Gasteiger partial charge in [0.25, 0.3) is 5.91 Å². The third kappa shape index (κ3) is 3.90. The van der Waals surface area contributed by atoms with Gasteiger partial charge in [0.1, 0.15) is 0 Å². The zero-order valence-electron chi connectivity index (χ0n) is 17.6. The molecule has 0 saturated carbocycles. The number of anilines is 2. The highest BCUT2D eigenvalue weighted by Gasteiger charge is 2.38. The van der Waals surface area contributed by atoms with Crippen molar-refractivity contribution in [2.45, 2.75) is 47.1 Å². The molecule has 2 aromatic carbocycles. The van der Waals surface area contributed by atoms with Crippen LogP contribution in [0.5, 0.6) is 0 Å². The number of halogens is 1. The zero-order chi connectivity index (χ0) is 21.3. The molecule has 1 atom stereocenters. The first kappa shape index (κ1) is 21.4. The lowest BCUT2D eigenvalue weighted by Crippen LogP contribution is -2.53. The third-order valence-electron chi connectivity index (χ3n) is 5.50. The molecular weight excluding hydrogens is 432 g/mol. The summed E-state index contributed by atoms with van der Waals surface area (Å²) in [6, 6.07) is 9.51. The van der Waals surface area contributed by atoms with Crippen LogP contribution in [0.4, 0.5) is 16.2 Å². The molecule has 0 bridgehead atoms. The van der Waals surface area contributed by atoms with Crippen molar-refractivity contribution in [3.05, 3.63) is 57.1 Å².